The molecule has 0 radical (unpaired) electrons. The van der Waals surface area contributed by atoms with Crippen molar-refractivity contribution in [2.75, 3.05) is 12.9 Å². The SMILES string of the molecule is CCOC(=O)c1cc2sc(SC)nc2s1. The molecule has 0 unspecified atom stereocenters. The van der Waals surface area contributed by atoms with E-state index in [-0.39, 0.29) is 5.97 Å². The van der Waals surface area contributed by atoms with Gasteiger partial charge in [0.1, 0.15) is 9.71 Å². The number of hydrogen-bond acceptors (Lipinski definition) is 6. The number of fused-ring (bicyclic) bond motifs is 1. The zero-order chi connectivity index (χ0) is 10.8. The summed E-state index contributed by atoms with van der Waals surface area (Å²) in [6.45, 7) is 2.21. The average Bonchev–Trinajstić information content (AvgIpc) is 2.74. The van der Waals surface area contributed by atoms with E-state index >= 15 is 0 Å². The Bertz CT molecular complexity index is 457. The topological polar surface area (TPSA) is 39.2 Å². The van der Waals surface area contributed by atoms with Gasteiger partial charge in [-0.05, 0) is 19.2 Å². The molecule has 6 heteroatoms. The van der Waals surface area contributed by atoms with Gasteiger partial charge in [0.2, 0.25) is 0 Å². The predicted molar refractivity (Wildman–Crippen MR) is 65.2 cm³/mol. The molecule has 0 N–H and O–H groups in total. The molecule has 0 atom stereocenters. The highest BCUT2D eigenvalue weighted by atomic mass is 32.2. The summed E-state index contributed by atoms with van der Waals surface area (Å²) >= 11 is 4.62. The smallest absolute Gasteiger partial charge is 0.348 e. The first kappa shape index (κ1) is 10.9. The van der Waals surface area contributed by atoms with Crippen molar-refractivity contribution in [3.05, 3.63) is 10.9 Å². The van der Waals surface area contributed by atoms with Crippen LogP contribution in [-0.4, -0.2) is 23.8 Å². The molecule has 0 aliphatic heterocycles. The first-order valence-corrected chi connectivity index (χ1v) is 7.22. The van der Waals surface area contributed by atoms with Crippen LogP contribution in [0.15, 0.2) is 10.4 Å². The normalized spacial score (nSPS) is 10.8. The maximum Gasteiger partial charge on any atom is 0.348 e. The van der Waals surface area contributed by atoms with Crippen LogP contribution in [0.5, 0.6) is 0 Å². The van der Waals surface area contributed by atoms with Crippen molar-refractivity contribution in [1.82, 2.24) is 4.98 Å². The summed E-state index contributed by atoms with van der Waals surface area (Å²) in [5.74, 6) is -0.251. The lowest BCUT2D eigenvalue weighted by molar-refractivity contribution is 0.0532. The van der Waals surface area contributed by atoms with Crippen molar-refractivity contribution in [1.29, 1.82) is 0 Å². The molecule has 0 bridgehead atoms. The van der Waals surface area contributed by atoms with Gasteiger partial charge in [0.15, 0.2) is 4.34 Å². The first-order valence-electron chi connectivity index (χ1n) is 4.36. The standard InChI is InChI=1S/C9H9NO2S3/c1-3-12-8(11)6-4-5-7(14-6)10-9(13-2)15-5/h4H,3H2,1-2H3. The van der Waals surface area contributed by atoms with Crippen molar-refractivity contribution >= 4 is 49.9 Å². The van der Waals surface area contributed by atoms with E-state index in [2.05, 4.69) is 4.98 Å². The Kier molecular flexibility index (Phi) is 3.28. The molecule has 0 amide bonds. The summed E-state index contributed by atoms with van der Waals surface area (Å²) in [6, 6.07) is 1.86. The van der Waals surface area contributed by atoms with Crippen molar-refractivity contribution in [2.45, 2.75) is 11.3 Å². The Balaban J connectivity index is 2.32. The lowest BCUT2D eigenvalue weighted by Gasteiger charge is -1.95. The second-order valence-corrected chi connectivity index (χ2v) is 5.80. The van der Waals surface area contributed by atoms with E-state index in [4.69, 9.17) is 4.74 Å². The predicted octanol–water partition coefficient (Wildman–Crippen LogP) is 3.26. The van der Waals surface area contributed by atoms with Gasteiger partial charge in [0.05, 0.1) is 11.3 Å². The first-order chi connectivity index (χ1) is 7.24. The molecule has 3 nitrogen and oxygen atoms in total. The number of carbonyl (C=O) groups is 1. The number of thiazole rings is 1. The minimum absolute atomic E-state index is 0.251. The molecule has 0 saturated heterocycles. The highest BCUT2D eigenvalue weighted by Gasteiger charge is 2.14. The third kappa shape index (κ3) is 2.16. The van der Waals surface area contributed by atoms with E-state index in [1.807, 2.05) is 12.3 Å². The zero-order valence-electron chi connectivity index (χ0n) is 8.27. The average molecular weight is 259 g/mol. The molecule has 2 heterocycles. The van der Waals surface area contributed by atoms with Crippen molar-refractivity contribution in [3.63, 3.8) is 0 Å². The monoisotopic (exact) mass is 259 g/mol. The number of hydrogen-bond donors (Lipinski definition) is 0. The number of esters is 1. The zero-order valence-corrected chi connectivity index (χ0v) is 10.7. The van der Waals surface area contributed by atoms with Gasteiger partial charge in [-0.15, -0.1) is 22.7 Å². The third-order valence-electron chi connectivity index (χ3n) is 1.72. The van der Waals surface area contributed by atoms with E-state index in [0.29, 0.717) is 11.5 Å². The number of carbonyl (C=O) groups excluding carboxylic acids is 1. The van der Waals surface area contributed by atoms with Gasteiger partial charge in [-0.3, -0.25) is 0 Å². The van der Waals surface area contributed by atoms with Crippen LogP contribution in [0.2, 0.25) is 0 Å². The summed E-state index contributed by atoms with van der Waals surface area (Å²) in [7, 11) is 0. The van der Waals surface area contributed by atoms with Crippen LogP contribution in [0.25, 0.3) is 9.53 Å². The van der Waals surface area contributed by atoms with Crippen LogP contribution in [0, 0.1) is 0 Å². The fourth-order valence-corrected chi connectivity index (χ4v) is 3.79. The molecular weight excluding hydrogens is 250 g/mol. The lowest BCUT2D eigenvalue weighted by Crippen LogP contribution is -2.01. The molecule has 0 spiro atoms. The molecule has 2 aromatic heterocycles. The van der Waals surface area contributed by atoms with Gasteiger partial charge < -0.3 is 4.74 Å². The van der Waals surface area contributed by atoms with E-state index < -0.39 is 0 Å². The minimum atomic E-state index is -0.251. The Labute approximate surface area is 99.5 Å². The minimum Gasteiger partial charge on any atom is -0.462 e. The molecule has 0 aromatic carbocycles. The Hall–Kier alpha value is -0.590. The number of rotatable bonds is 3. The molecule has 2 rings (SSSR count). The van der Waals surface area contributed by atoms with Crippen molar-refractivity contribution < 1.29 is 9.53 Å². The summed E-state index contributed by atoms with van der Waals surface area (Å²) < 4.78 is 7.02. The van der Waals surface area contributed by atoms with Crippen molar-refractivity contribution in [2.24, 2.45) is 0 Å². The number of thioether (sulfide) groups is 1. The lowest BCUT2D eigenvalue weighted by atomic mass is 10.5. The number of thiophene rings is 1. The molecule has 80 valence electrons. The second kappa shape index (κ2) is 4.51. The van der Waals surface area contributed by atoms with Gasteiger partial charge in [-0.2, -0.15) is 0 Å². The van der Waals surface area contributed by atoms with Gasteiger partial charge >= 0.3 is 5.97 Å². The molecule has 2 aromatic rings. The Morgan fingerprint density at radius 3 is 3.00 bits per heavy atom. The van der Waals surface area contributed by atoms with E-state index in [9.17, 15) is 4.79 Å². The van der Waals surface area contributed by atoms with Crippen LogP contribution >= 0.6 is 34.4 Å². The Morgan fingerprint density at radius 1 is 1.60 bits per heavy atom. The summed E-state index contributed by atoms with van der Waals surface area (Å²) in [4.78, 5) is 17.4. The molecule has 0 saturated carbocycles. The van der Waals surface area contributed by atoms with Gasteiger partial charge in [0, 0.05) is 0 Å². The molecule has 0 fully saturated rings. The Morgan fingerprint density at radius 2 is 2.40 bits per heavy atom. The van der Waals surface area contributed by atoms with E-state index in [1.54, 1.807) is 30.0 Å². The largest absolute Gasteiger partial charge is 0.462 e. The molecule has 15 heavy (non-hydrogen) atoms. The summed E-state index contributed by atoms with van der Waals surface area (Å²) in [6.07, 6.45) is 1.99. The van der Waals surface area contributed by atoms with Crippen LogP contribution in [-0.2, 0) is 4.74 Å². The maximum atomic E-state index is 11.4. The van der Waals surface area contributed by atoms with Crippen LogP contribution in [0.4, 0.5) is 0 Å². The van der Waals surface area contributed by atoms with Gasteiger partial charge in [-0.1, -0.05) is 11.8 Å². The molecule has 0 aliphatic carbocycles. The fraction of sp³-hybridized carbons (Fsp3) is 0.333. The van der Waals surface area contributed by atoms with Crippen LogP contribution in [0.3, 0.4) is 0 Å². The highest BCUT2D eigenvalue weighted by molar-refractivity contribution is 8.00. The number of ether oxygens (including phenoxy) is 1. The van der Waals surface area contributed by atoms with Crippen LogP contribution in [0.1, 0.15) is 16.6 Å². The molecule has 0 aliphatic rings. The third-order valence-corrected chi connectivity index (χ3v) is 4.85. The van der Waals surface area contributed by atoms with Crippen molar-refractivity contribution in [3.8, 4) is 0 Å². The summed E-state index contributed by atoms with van der Waals surface area (Å²) in [5, 5.41) is 0. The molecular formula is C9H9NO2S3. The second-order valence-electron chi connectivity index (χ2n) is 2.68. The quantitative estimate of drug-likeness (QED) is 0.626. The fourth-order valence-electron chi connectivity index (χ4n) is 1.11. The van der Waals surface area contributed by atoms with Gasteiger partial charge in [0.25, 0.3) is 0 Å². The van der Waals surface area contributed by atoms with Crippen LogP contribution < -0.4 is 0 Å². The highest BCUT2D eigenvalue weighted by Crippen LogP contribution is 2.34. The number of aromatic nitrogens is 1. The van der Waals surface area contributed by atoms with E-state index in [1.165, 1.54) is 11.3 Å². The maximum absolute atomic E-state index is 11.4. The van der Waals surface area contributed by atoms with E-state index in [0.717, 1.165) is 13.9 Å². The summed E-state index contributed by atoms with van der Waals surface area (Å²) in [5.41, 5.74) is 0. The van der Waals surface area contributed by atoms with Gasteiger partial charge in [-0.25, -0.2) is 9.78 Å². The number of nitrogens with zero attached hydrogens (tertiary/aromatic N) is 1.